The molecule has 0 amide bonds. The molecule has 0 saturated carbocycles. The summed E-state index contributed by atoms with van der Waals surface area (Å²) in [6, 6.07) is 1.27. The van der Waals surface area contributed by atoms with E-state index < -0.39 is 11.6 Å². The number of rotatable bonds is 0. The smallest absolute Gasteiger partial charge is 0.170 e. The summed E-state index contributed by atoms with van der Waals surface area (Å²) in [4.78, 5) is 11.8. The van der Waals surface area contributed by atoms with Crippen molar-refractivity contribution in [2.75, 3.05) is 0 Å². The number of halogens is 3. The Labute approximate surface area is 123 Å². The largest absolute Gasteiger partial charge is 0.504 e. The lowest BCUT2D eigenvalue weighted by Crippen LogP contribution is -2.23. The van der Waals surface area contributed by atoms with Crippen LogP contribution < -0.4 is 0 Å². The molecular weight excluding hydrogens is 335 g/mol. The molecule has 0 bridgehead atoms. The van der Waals surface area contributed by atoms with E-state index in [2.05, 4.69) is 15.9 Å². The maximum absolute atomic E-state index is 13.7. The van der Waals surface area contributed by atoms with Crippen LogP contribution in [0.3, 0.4) is 0 Å². The van der Waals surface area contributed by atoms with E-state index in [0.29, 0.717) is 29.3 Å². The Morgan fingerprint density at radius 2 is 2.21 bits per heavy atom. The molecule has 3 rings (SSSR count). The van der Waals surface area contributed by atoms with E-state index in [-0.39, 0.29) is 16.2 Å². The third kappa shape index (κ3) is 1.69. The maximum atomic E-state index is 13.7. The first-order valence-electron chi connectivity index (χ1n) is 5.99. The summed E-state index contributed by atoms with van der Waals surface area (Å²) >= 11 is 9.38. The maximum Gasteiger partial charge on any atom is 0.170 e. The third-order valence-electron chi connectivity index (χ3n) is 4.10. The van der Waals surface area contributed by atoms with Crippen molar-refractivity contribution < 1.29 is 14.3 Å². The zero-order valence-corrected chi connectivity index (χ0v) is 12.5. The van der Waals surface area contributed by atoms with E-state index in [0.717, 1.165) is 11.1 Å². The molecule has 100 valence electrons. The number of hydrogen-bond donors (Lipinski definition) is 1. The average molecular weight is 346 g/mol. The van der Waals surface area contributed by atoms with Crippen LogP contribution in [-0.4, -0.2) is 10.9 Å². The lowest BCUT2D eigenvalue weighted by Gasteiger charge is -2.30. The monoisotopic (exact) mass is 344 g/mol. The first kappa shape index (κ1) is 13.1. The summed E-state index contributed by atoms with van der Waals surface area (Å²) in [7, 11) is 0. The number of phenols is 1. The zero-order chi connectivity index (χ0) is 13.9. The lowest BCUT2D eigenvalue weighted by molar-refractivity contribution is -0.115. The summed E-state index contributed by atoms with van der Waals surface area (Å²) in [5.74, 6) is -1.23. The lowest BCUT2D eigenvalue weighted by atomic mass is 9.74. The number of Topliss-reactive ketones (excluding diaryl/α,β-unsaturated/α-hetero) is 1. The third-order valence-corrected chi connectivity index (χ3v) is 5.35. The van der Waals surface area contributed by atoms with E-state index in [1.54, 1.807) is 0 Å². The number of ketones is 1. The topological polar surface area (TPSA) is 37.3 Å². The van der Waals surface area contributed by atoms with Gasteiger partial charge >= 0.3 is 0 Å². The number of aromatic hydroxyl groups is 1. The van der Waals surface area contributed by atoms with Crippen molar-refractivity contribution >= 4 is 38.9 Å². The van der Waals surface area contributed by atoms with Gasteiger partial charge in [-0.3, -0.25) is 4.79 Å². The molecule has 1 unspecified atom stereocenters. The van der Waals surface area contributed by atoms with Gasteiger partial charge in [0.1, 0.15) is 0 Å². The minimum absolute atomic E-state index is 0.0323. The number of benzene rings is 1. The Kier molecular flexibility index (Phi) is 2.81. The summed E-state index contributed by atoms with van der Waals surface area (Å²) < 4.78 is 14.2. The van der Waals surface area contributed by atoms with Crippen molar-refractivity contribution in [1.29, 1.82) is 0 Å². The predicted octanol–water partition coefficient (Wildman–Crippen LogP) is 4.22. The van der Waals surface area contributed by atoms with Gasteiger partial charge in [-0.25, -0.2) is 4.39 Å². The standard InChI is InChI=1S/C14H11BrClFO2/c1-14-3-2-9(18)11(15)10(14)6-4-8(17)13(19)12(16)7(6)5-14/h4,19H,2-3,5H2,1H3. The van der Waals surface area contributed by atoms with Crippen molar-refractivity contribution in [2.45, 2.75) is 26.2 Å². The van der Waals surface area contributed by atoms with Crippen LogP contribution in [0.4, 0.5) is 4.39 Å². The molecule has 0 radical (unpaired) electrons. The highest BCUT2D eigenvalue weighted by Crippen LogP contribution is 2.57. The molecule has 0 heterocycles. The molecule has 2 aliphatic rings. The van der Waals surface area contributed by atoms with Crippen molar-refractivity contribution in [2.24, 2.45) is 5.41 Å². The van der Waals surface area contributed by atoms with Crippen LogP contribution in [0.15, 0.2) is 10.5 Å². The van der Waals surface area contributed by atoms with Gasteiger partial charge in [-0.2, -0.15) is 0 Å². The van der Waals surface area contributed by atoms with E-state index >= 15 is 0 Å². The Bertz CT molecular complexity index is 653. The first-order chi connectivity index (χ1) is 8.85. The molecular formula is C14H11BrClFO2. The SMILES string of the molecule is CC12CCC(=O)C(Br)=C1c1cc(F)c(O)c(Cl)c1C2. The van der Waals surface area contributed by atoms with Gasteiger partial charge in [0.2, 0.25) is 0 Å². The van der Waals surface area contributed by atoms with Crippen molar-refractivity contribution in [3.05, 3.63) is 32.5 Å². The highest BCUT2D eigenvalue weighted by atomic mass is 79.9. The van der Waals surface area contributed by atoms with Crippen molar-refractivity contribution in [3.8, 4) is 5.75 Å². The minimum Gasteiger partial charge on any atom is -0.504 e. The van der Waals surface area contributed by atoms with Crippen LogP contribution in [0.2, 0.25) is 5.02 Å². The van der Waals surface area contributed by atoms with E-state index in [1.807, 2.05) is 6.92 Å². The molecule has 1 aromatic carbocycles. The number of carbonyl (C=O) groups is 1. The highest BCUT2D eigenvalue weighted by Gasteiger charge is 2.45. The molecule has 1 atom stereocenters. The van der Waals surface area contributed by atoms with Crippen molar-refractivity contribution in [3.63, 3.8) is 0 Å². The molecule has 1 N–H and O–H groups in total. The van der Waals surface area contributed by atoms with Gasteiger partial charge in [0.15, 0.2) is 17.3 Å². The molecule has 0 spiro atoms. The number of carbonyl (C=O) groups excluding carboxylic acids is 1. The molecule has 2 nitrogen and oxygen atoms in total. The summed E-state index contributed by atoms with van der Waals surface area (Å²) in [6.07, 6.45) is 1.80. The van der Waals surface area contributed by atoms with Gasteiger partial charge in [-0.05, 0) is 57.0 Å². The summed E-state index contributed by atoms with van der Waals surface area (Å²) in [5, 5.41) is 9.67. The van der Waals surface area contributed by atoms with Gasteiger partial charge in [0, 0.05) is 6.42 Å². The fourth-order valence-corrected chi connectivity index (χ4v) is 4.23. The van der Waals surface area contributed by atoms with Crippen LogP contribution in [0, 0.1) is 11.2 Å². The second kappa shape index (κ2) is 4.06. The fourth-order valence-electron chi connectivity index (χ4n) is 3.08. The van der Waals surface area contributed by atoms with E-state index in [1.165, 1.54) is 6.07 Å². The van der Waals surface area contributed by atoms with Crippen LogP contribution in [-0.2, 0) is 11.2 Å². The fraction of sp³-hybridized carbons (Fsp3) is 0.357. The predicted molar refractivity (Wildman–Crippen MR) is 75.0 cm³/mol. The van der Waals surface area contributed by atoms with Gasteiger partial charge in [0.05, 0.1) is 9.51 Å². The normalized spacial score (nSPS) is 25.6. The number of allylic oxidation sites excluding steroid dienone is 2. The molecule has 0 saturated heterocycles. The van der Waals surface area contributed by atoms with E-state index in [9.17, 15) is 14.3 Å². The molecule has 5 heteroatoms. The highest BCUT2D eigenvalue weighted by molar-refractivity contribution is 9.12. The molecule has 19 heavy (non-hydrogen) atoms. The average Bonchev–Trinajstić information content (AvgIpc) is 2.66. The quantitative estimate of drug-likeness (QED) is 0.764. The number of hydrogen-bond acceptors (Lipinski definition) is 2. The van der Waals surface area contributed by atoms with Crippen LogP contribution >= 0.6 is 27.5 Å². The molecule has 0 aromatic heterocycles. The van der Waals surface area contributed by atoms with Crippen molar-refractivity contribution in [1.82, 2.24) is 0 Å². The second-order valence-corrected chi connectivity index (χ2v) is 6.57. The van der Waals surface area contributed by atoms with Crippen LogP contribution in [0.5, 0.6) is 5.75 Å². The Hall–Kier alpha value is -0.870. The summed E-state index contributed by atoms with van der Waals surface area (Å²) in [6.45, 7) is 2.04. The number of phenolic OH excluding ortho intramolecular Hbond substituents is 1. The van der Waals surface area contributed by atoms with E-state index in [4.69, 9.17) is 11.6 Å². The van der Waals surface area contributed by atoms with Gasteiger partial charge in [-0.15, -0.1) is 0 Å². The molecule has 0 fully saturated rings. The second-order valence-electron chi connectivity index (χ2n) is 5.40. The number of fused-ring (bicyclic) bond motifs is 3. The minimum atomic E-state index is -0.751. The summed E-state index contributed by atoms with van der Waals surface area (Å²) in [5.41, 5.74) is 1.96. The Balaban J connectivity index is 2.34. The Morgan fingerprint density at radius 3 is 2.89 bits per heavy atom. The first-order valence-corrected chi connectivity index (χ1v) is 7.16. The van der Waals surface area contributed by atoms with Gasteiger partial charge in [-0.1, -0.05) is 18.5 Å². The van der Waals surface area contributed by atoms with Gasteiger partial charge < -0.3 is 5.11 Å². The zero-order valence-electron chi connectivity index (χ0n) is 10.2. The van der Waals surface area contributed by atoms with Crippen LogP contribution in [0.1, 0.15) is 30.9 Å². The molecule has 2 aliphatic carbocycles. The molecule has 0 aliphatic heterocycles. The Morgan fingerprint density at radius 1 is 1.53 bits per heavy atom. The van der Waals surface area contributed by atoms with Gasteiger partial charge in [0.25, 0.3) is 0 Å². The molecule has 1 aromatic rings. The van der Waals surface area contributed by atoms with Crippen LogP contribution in [0.25, 0.3) is 5.57 Å².